The van der Waals surface area contributed by atoms with Crippen molar-refractivity contribution in [1.29, 1.82) is 0 Å². The van der Waals surface area contributed by atoms with E-state index in [0.717, 1.165) is 18.4 Å². The minimum absolute atomic E-state index is 0.0318. The molecule has 5 heteroatoms. The van der Waals surface area contributed by atoms with Crippen LogP contribution in [0.25, 0.3) is 0 Å². The van der Waals surface area contributed by atoms with Crippen molar-refractivity contribution in [2.75, 3.05) is 0 Å². The average molecular weight is 410 g/mol. The number of esters is 1. The SMILES string of the molecule is [2H][13C]([2H])([2H])[13C](=O)O[C@]1(C(C)=O)CC[C@H]2[C@@H]3C=C(Cl)C4=CC(=O)CC[C@]4(C)[C@H]3CC[C@@]21C. The monoisotopic (exact) mass is 409 g/mol. The predicted octanol–water partition coefficient (Wildman–Crippen LogP) is 4.75. The molecule has 28 heavy (non-hydrogen) atoms. The molecule has 0 radical (unpaired) electrons. The van der Waals surface area contributed by atoms with E-state index < -0.39 is 23.8 Å². The summed E-state index contributed by atoms with van der Waals surface area (Å²) in [5, 5.41) is 0.598. The summed E-state index contributed by atoms with van der Waals surface area (Å²) in [4.78, 5) is 37.3. The zero-order chi connectivity index (χ0) is 23.0. The van der Waals surface area contributed by atoms with Crippen molar-refractivity contribution < 1.29 is 23.2 Å². The molecule has 0 spiro atoms. The molecule has 0 aromatic carbocycles. The zero-order valence-electron chi connectivity index (χ0n) is 19.6. The molecule has 6 atom stereocenters. The van der Waals surface area contributed by atoms with Gasteiger partial charge >= 0.3 is 5.97 Å². The maximum Gasteiger partial charge on any atom is 0.303 e. The Balaban J connectivity index is 1.76. The molecule has 4 rings (SSSR count). The van der Waals surface area contributed by atoms with Gasteiger partial charge < -0.3 is 4.74 Å². The molecule has 2 fully saturated rings. The molecule has 0 unspecified atom stereocenters. The van der Waals surface area contributed by atoms with Crippen LogP contribution in [0.1, 0.15) is 70.3 Å². The molecule has 0 saturated heterocycles. The fourth-order valence-electron chi connectivity index (χ4n) is 7.05. The van der Waals surface area contributed by atoms with Gasteiger partial charge in [-0.05, 0) is 73.8 Å². The molecule has 0 amide bonds. The van der Waals surface area contributed by atoms with Gasteiger partial charge in [0.25, 0.3) is 0 Å². The molecule has 4 aliphatic carbocycles. The highest BCUT2D eigenvalue weighted by atomic mass is 35.5. The number of carbonyl (C=O) groups excluding carboxylic acids is 3. The Labute approximate surface area is 175 Å². The first-order valence-electron chi connectivity index (χ1n) is 11.6. The van der Waals surface area contributed by atoms with Gasteiger partial charge in [0.2, 0.25) is 0 Å². The van der Waals surface area contributed by atoms with Crippen molar-refractivity contribution in [3.05, 3.63) is 22.8 Å². The van der Waals surface area contributed by atoms with Gasteiger partial charge in [-0.2, -0.15) is 0 Å². The van der Waals surface area contributed by atoms with Crippen LogP contribution in [0, 0.1) is 28.6 Å². The van der Waals surface area contributed by atoms with Crippen LogP contribution >= 0.6 is 11.6 Å². The fraction of sp³-hybridized carbons (Fsp3) is 0.696. The Bertz CT molecular complexity index is 922. The number of Topliss-reactive ketones (excluding diaryl/α,β-unsaturated/α-hetero) is 1. The third kappa shape index (κ3) is 2.46. The van der Waals surface area contributed by atoms with E-state index in [1.165, 1.54) is 6.92 Å². The fourth-order valence-corrected chi connectivity index (χ4v) is 7.46. The van der Waals surface area contributed by atoms with E-state index in [1.54, 1.807) is 6.08 Å². The van der Waals surface area contributed by atoms with Crippen LogP contribution in [0.5, 0.6) is 0 Å². The van der Waals surface area contributed by atoms with Crippen molar-refractivity contribution in [2.24, 2.45) is 28.6 Å². The largest absolute Gasteiger partial charge is 0.451 e. The summed E-state index contributed by atoms with van der Waals surface area (Å²) in [7, 11) is 0. The third-order valence-corrected chi connectivity index (χ3v) is 8.84. The lowest BCUT2D eigenvalue weighted by Gasteiger charge is -2.57. The van der Waals surface area contributed by atoms with E-state index >= 15 is 0 Å². The lowest BCUT2D eigenvalue weighted by Crippen LogP contribution is -2.58. The standard InChI is InChI=1S/C23H29ClO4/c1-13(25)23(28-14(2)26)10-7-18-16-12-20(24)19-11-15(27)5-8-21(19,3)17(16)6-9-22(18,23)4/h11-12,16-18H,5-10H2,1-4H3/t16-,17+,18+,21-,22+,23+/m1/s1/i2+1D3,14+1. The number of hydrogen-bond acceptors (Lipinski definition) is 4. The van der Waals surface area contributed by atoms with E-state index in [0.29, 0.717) is 30.7 Å². The summed E-state index contributed by atoms with van der Waals surface area (Å²) in [5.74, 6) is -1.13. The summed E-state index contributed by atoms with van der Waals surface area (Å²) in [6, 6.07) is 0. The third-order valence-electron chi connectivity index (χ3n) is 8.51. The molecule has 152 valence electrons. The highest BCUT2D eigenvalue weighted by molar-refractivity contribution is 6.32. The highest BCUT2D eigenvalue weighted by Gasteiger charge is 2.67. The molecule has 0 N–H and O–H groups in total. The molecule has 2 saturated carbocycles. The van der Waals surface area contributed by atoms with E-state index in [1.807, 2.05) is 13.0 Å². The average Bonchev–Trinajstić information content (AvgIpc) is 2.96. The number of allylic oxidation sites excluding steroid dienone is 4. The number of rotatable bonds is 2. The van der Waals surface area contributed by atoms with Gasteiger partial charge in [-0.25, -0.2) is 0 Å². The van der Waals surface area contributed by atoms with E-state index in [-0.39, 0.29) is 34.7 Å². The van der Waals surface area contributed by atoms with Crippen LogP contribution in [0.4, 0.5) is 0 Å². The summed E-state index contributed by atoms with van der Waals surface area (Å²) in [5.41, 5.74) is -1.40. The lowest BCUT2D eigenvalue weighted by atomic mass is 9.48. The lowest BCUT2D eigenvalue weighted by molar-refractivity contribution is -0.185. The zero-order valence-corrected chi connectivity index (χ0v) is 17.4. The first kappa shape index (κ1) is 16.4. The van der Waals surface area contributed by atoms with Gasteiger partial charge in [-0.3, -0.25) is 14.4 Å². The van der Waals surface area contributed by atoms with E-state index in [4.69, 9.17) is 20.5 Å². The number of halogens is 1. The second-order valence-electron chi connectivity index (χ2n) is 9.51. The first-order chi connectivity index (χ1) is 14.3. The Hall–Kier alpha value is -1.42. The van der Waals surface area contributed by atoms with Crippen LogP contribution < -0.4 is 0 Å². The maximum absolute atomic E-state index is 12.9. The van der Waals surface area contributed by atoms with Gasteiger partial charge in [-0.15, -0.1) is 0 Å². The van der Waals surface area contributed by atoms with E-state index in [2.05, 4.69) is 6.92 Å². The van der Waals surface area contributed by atoms with Gasteiger partial charge in [-0.1, -0.05) is 31.5 Å². The minimum Gasteiger partial charge on any atom is -0.451 e. The first-order valence-corrected chi connectivity index (χ1v) is 10.5. The minimum atomic E-state index is -2.91. The molecule has 0 aromatic heterocycles. The number of carbonyl (C=O) groups is 3. The smallest absolute Gasteiger partial charge is 0.303 e. The van der Waals surface area contributed by atoms with Crippen LogP contribution in [-0.2, 0) is 19.1 Å². The summed E-state index contributed by atoms with van der Waals surface area (Å²) >= 11 is 6.69. The molecular formula is C23H29ClO4. The van der Waals surface area contributed by atoms with Crippen LogP contribution in [0.2, 0.25) is 0 Å². The van der Waals surface area contributed by atoms with Crippen LogP contribution in [-0.4, -0.2) is 23.1 Å². The van der Waals surface area contributed by atoms with E-state index in [9.17, 15) is 14.4 Å². The van der Waals surface area contributed by atoms with Crippen LogP contribution in [0.3, 0.4) is 0 Å². The van der Waals surface area contributed by atoms with Crippen molar-refractivity contribution in [3.63, 3.8) is 0 Å². The maximum atomic E-state index is 12.9. The molecule has 0 heterocycles. The van der Waals surface area contributed by atoms with Gasteiger partial charge in [0, 0.05) is 27.8 Å². The topological polar surface area (TPSA) is 60.4 Å². The molecule has 4 nitrogen and oxygen atoms in total. The predicted molar refractivity (Wildman–Crippen MR) is 107 cm³/mol. The second-order valence-corrected chi connectivity index (χ2v) is 9.92. The Morgan fingerprint density at radius 1 is 1.21 bits per heavy atom. The Morgan fingerprint density at radius 2 is 1.93 bits per heavy atom. The van der Waals surface area contributed by atoms with Crippen molar-refractivity contribution in [1.82, 2.24) is 0 Å². The summed E-state index contributed by atoms with van der Waals surface area (Å²) in [6.07, 6.45) is 7.39. The molecule has 0 aliphatic heterocycles. The number of ketones is 2. The number of hydrogen-bond donors (Lipinski definition) is 0. The molecule has 0 bridgehead atoms. The summed E-state index contributed by atoms with van der Waals surface area (Å²) in [6.45, 7) is 2.63. The molecular weight excluding hydrogens is 378 g/mol. The summed E-state index contributed by atoms with van der Waals surface area (Å²) < 4.78 is 27.9. The Kier molecular flexibility index (Phi) is 3.68. The van der Waals surface area contributed by atoms with Gasteiger partial charge in [0.05, 0.1) is 0 Å². The van der Waals surface area contributed by atoms with Crippen molar-refractivity contribution in [3.8, 4) is 0 Å². The quantitative estimate of drug-likeness (QED) is 0.487. The van der Waals surface area contributed by atoms with Crippen molar-refractivity contribution in [2.45, 2.75) is 71.7 Å². The second kappa shape index (κ2) is 6.29. The van der Waals surface area contributed by atoms with Crippen LogP contribution in [0.15, 0.2) is 22.8 Å². The van der Waals surface area contributed by atoms with Crippen molar-refractivity contribution >= 4 is 29.1 Å². The Morgan fingerprint density at radius 3 is 2.61 bits per heavy atom. The van der Waals surface area contributed by atoms with Gasteiger partial charge in [0.15, 0.2) is 17.2 Å². The van der Waals surface area contributed by atoms with Gasteiger partial charge in [0.1, 0.15) is 0 Å². The number of fused-ring (bicyclic) bond motifs is 5. The molecule has 0 aromatic rings. The number of ether oxygens (including phenoxy) is 1. The normalized spacial score (nSPS) is 46.6. The highest BCUT2D eigenvalue weighted by Crippen LogP contribution is 2.68. The molecule has 4 aliphatic rings.